The van der Waals surface area contributed by atoms with Crippen LogP contribution >= 0.6 is 0 Å². The predicted molar refractivity (Wildman–Crippen MR) is 109 cm³/mol. The first-order valence-corrected chi connectivity index (χ1v) is 9.72. The number of nitrogens with one attached hydrogen (secondary N) is 1. The molecule has 148 valence electrons. The second-order valence-electron chi connectivity index (χ2n) is 7.62. The van der Waals surface area contributed by atoms with Crippen molar-refractivity contribution in [3.8, 4) is 0 Å². The monoisotopic (exact) mass is 380 g/mol. The smallest absolute Gasteiger partial charge is 0.323 e. The lowest BCUT2D eigenvalue weighted by molar-refractivity contribution is -0.148. The summed E-state index contributed by atoms with van der Waals surface area (Å²) in [6.07, 6.45) is 0.558. The number of benzene rings is 2. The second kappa shape index (κ2) is 9.02. The van der Waals surface area contributed by atoms with Crippen molar-refractivity contribution in [3.63, 3.8) is 0 Å². The fraction of sp³-hybridized carbons (Fsp3) is 0.391. The molecular weight excluding hydrogens is 352 g/mol. The Morgan fingerprint density at radius 3 is 2.36 bits per heavy atom. The highest BCUT2D eigenvalue weighted by atomic mass is 16.5. The number of nitrogens with zero attached hydrogens (tertiary/aromatic N) is 1. The fourth-order valence-corrected chi connectivity index (χ4v) is 3.81. The van der Waals surface area contributed by atoms with Gasteiger partial charge in [0.15, 0.2) is 0 Å². The molecule has 5 heteroatoms. The minimum absolute atomic E-state index is 0.0673. The molecule has 0 saturated heterocycles. The zero-order chi connectivity index (χ0) is 20.1. The van der Waals surface area contributed by atoms with Crippen LogP contribution in [0.15, 0.2) is 54.6 Å². The van der Waals surface area contributed by atoms with E-state index < -0.39 is 6.04 Å². The molecule has 1 aliphatic rings. The molecule has 0 fully saturated rings. The van der Waals surface area contributed by atoms with Crippen LogP contribution in [0.2, 0.25) is 0 Å². The van der Waals surface area contributed by atoms with Crippen molar-refractivity contribution in [1.29, 1.82) is 0 Å². The molecule has 1 heterocycles. The Labute approximate surface area is 166 Å². The summed E-state index contributed by atoms with van der Waals surface area (Å²) in [4.78, 5) is 27.1. The highest BCUT2D eigenvalue weighted by Crippen LogP contribution is 2.25. The number of ether oxygens (including phenoxy) is 1. The molecule has 3 rings (SSSR count). The Bertz CT molecular complexity index is 820. The van der Waals surface area contributed by atoms with Gasteiger partial charge in [0.2, 0.25) is 5.91 Å². The van der Waals surface area contributed by atoms with Gasteiger partial charge in [-0.3, -0.25) is 14.5 Å². The first kappa shape index (κ1) is 20.1. The predicted octanol–water partition coefficient (Wildman–Crippen LogP) is 3.10. The van der Waals surface area contributed by atoms with Crippen LogP contribution in [0.5, 0.6) is 0 Å². The van der Waals surface area contributed by atoms with Crippen LogP contribution in [0.25, 0.3) is 0 Å². The Kier molecular flexibility index (Phi) is 6.47. The number of rotatable bonds is 6. The first-order valence-electron chi connectivity index (χ1n) is 9.72. The molecule has 2 aromatic carbocycles. The van der Waals surface area contributed by atoms with Crippen molar-refractivity contribution < 1.29 is 14.3 Å². The van der Waals surface area contributed by atoms with Crippen molar-refractivity contribution >= 4 is 11.9 Å². The van der Waals surface area contributed by atoms with Gasteiger partial charge in [-0.2, -0.15) is 0 Å². The van der Waals surface area contributed by atoms with Crippen LogP contribution in [0, 0.1) is 5.92 Å². The summed E-state index contributed by atoms with van der Waals surface area (Å²) in [6, 6.07) is 17.5. The van der Waals surface area contributed by atoms with Crippen molar-refractivity contribution in [1.82, 2.24) is 10.2 Å². The molecule has 1 amide bonds. The Hall–Kier alpha value is -2.66. The molecule has 2 unspecified atom stereocenters. The molecular formula is C23H28N2O3. The second-order valence-corrected chi connectivity index (χ2v) is 7.62. The maximum atomic E-state index is 12.9. The standard InChI is InChI=1S/C23H28N2O3/c1-16(2)22(17-9-5-4-6-10-17)24-21(26)15-25-14-19-12-8-7-11-18(19)13-20(25)23(27)28-3/h4-12,16,20,22H,13-15H2,1-3H3,(H,24,26). The summed E-state index contributed by atoms with van der Waals surface area (Å²) >= 11 is 0. The molecule has 0 aromatic heterocycles. The summed E-state index contributed by atoms with van der Waals surface area (Å²) < 4.78 is 4.99. The zero-order valence-corrected chi connectivity index (χ0v) is 16.7. The average Bonchev–Trinajstić information content (AvgIpc) is 2.71. The summed E-state index contributed by atoms with van der Waals surface area (Å²) in [5, 5.41) is 3.15. The highest BCUT2D eigenvalue weighted by Gasteiger charge is 2.33. The van der Waals surface area contributed by atoms with E-state index in [1.165, 1.54) is 7.11 Å². The lowest BCUT2D eigenvalue weighted by Crippen LogP contribution is -2.50. The molecule has 0 radical (unpaired) electrons. The van der Waals surface area contributed by atoms with Gasteiger partial charge in [0.05, 0.1) is 19.7 Å². The van der Waals surface area contributed by atoms with Gasteiger partial charge in [-0.15, -0.1) is 0 Å². The van der Waals surface area contributed by atoms with Gasteiger partial charge in [-0.25, -0.2) is 0 Å². The van der Waals surface area contributed by atoms with Crippen LogP contribution in [0.4, 0.5) is 0 Å². The summed E-state index contributed by atoms with van der Waals surface area (Å²) in [5.41, 5.74) is 3.37. The van der Waals surface area contributed by atoms with Crippen molar-refractivity contribution in [3.05, 3.63) is 71.3 Å². The molecule has 0 spiro atoms. The number of carbonyl (C=O) groups is 2. The lowest BCUT2D eigenvalue weighted by atomic mass is 9.93. The fourth-order valence-electron chi connectivity index (χ4n) is 3.81. The number of amides is 1. The number of carbonyl (C=O) groups excluding carboxylic acids is 2. The third-order valence-electron chi connectivity index (χ3n) is 5.31. The van der Waals surface area contributed by atoms with E-state index in [4.69, 9.17) is 4.74 Å². The quantitative estimate of drug-likeness (QED) is 0.783. The van der Waals surface area contributed by atoms with Crippen molar-refractivity contribution in [2.45, 2.75) is 38.9 Å². The summed E-state index contributed by atoms with van der Waals surface area (Å²) in [7, 11) is 1.39. The lowest BCUT2D eigenvalue weighted by Gasteiger charge is -2.35. The zero-order valence-electron chi connectivity index (χ0n) is 16.7. The maximum Gasteiger partial charge on any atom is 0.323 e. The third kappa shape index (κ3) is 4.60. The minimum Gasteiger partial charge on any atom is -0.468 e. The van der Waals surface area contributed by atoms with E-state index in [-0.39, 0.29) is 30.4 Å². The number of hydrogen-bond acceptors (Lipinski definition) is 4. The van der Waals surface area contributed by atoms with Gasteiger partial charge in [0.25, 0.3) is 0 Å². The van der Waals surface area contributed by atoms with Gasteiger partial charge in [-0.1, -0.05) is 68.4 Å². The van der Waals surface area contributed by atoms with Gasteiger partial charge >= 0.3 is 5.97 Å². The van der Waals surface area contributed by atoms with Crippen LogP contribution in [0.1, 0.15) is 36.6 Å². The first-order chi connectivity index (χ1) is 13.5. The van der Waals surface area contributed by atoms with Crippen LogP contribution in [-0.4, -0.2) is 36.5 Å². The Balaban J connectivity index is 1.74. The van der Waals surface area contributed by atoms with Gasteiger partial charge in [0, 0.05) is 6.54 Å². The van der Waals surface area contributed by atoms with Crippen molar-refractivity contribution in [2.75, 3.05) is 13.7 Å². The van der Waals surface area contributed by atoms with E-state index in [0.29, 0.717) is 13.0 Å². The minimum atomic E-state index is -0.445. The Morgan fingerprint density at radius 1 is 1.07 bits per heavy atom. The molecule has 1 N–H and O–H groups in total. The van der Waals surface area contributed by atoms with E-state index in [1.807, 2.05) is 53.4 Å². The van der Waals surface area contributed by atoms with E-state index in [2.05, 4.69) is 25.2 Å². The van der Waals surface area contributed by atoms with Crippen LogP contribution < -0.4 is 5.32 Å². The van der Waals surface area contributed by atoms with Crippen LogP contribution in [-0.2, 0) is 27.3 Å². The molecule has 0 saturated carbocycles. The van der Waals surface area contributed by atoms with Crippen LogP contribution in [0.3, 0.4) is 0 Å². The number of esters is 1. The summed E-state index contributed by atoms with van der Waals surface area (Å²) in [5.74, 6) is -0.133. The topological polar surface area (TPSA) is 58.6 Å². The molecule has 5 nitrogen and oxygen atoms in total. The normalized spacial score (nSPS) is 17.6. The average molecular weight is 380 g/mol. The molecule has 0 aliphatic carbocycles. The number of methoxy groups -OCH3 is 1. The van der Waals surface area contributed by atoms with Gasteiger partial charge < -0.3 is 10.1 Å². The van der Waals surface area contributed by atoms with Crippen molar-refractivity contribution in [2.24, 2.45) is 5.92 Å². The highest BCUT2D eigenvalue weighted by molar-refractivity contribution is 5.81. The number of fused-ring (bicyclic) bond motifs is 1. The molecule has 28 heavy (non-hydrogen) atoms. The summed E-state index contributed by atoms with van der Waals surface area (Å²) in [6.45, 7) is 4.89. The molecule has 1 aliphatic heterocycles. The largest absolute Gasteiger partial charge is 0.468 e. The molecule has 0 bridgehead atoms. The van der Waals surface area contributed by atoms with Gasteiger partial charge in [-0.05, 0) is 29.0 Å². The van der Waals surface area contributed by atoms with Gasteiger partial charge in [0.1, 0.15) is 6.04 Å². The Morgan fingerprint density at radius 2 is 1.71 bits per heavy atom. The molecule has 2 atom stereocenters. The SMILES string of the molecule is COC(=O)C1Cc2ccccc2CN1CC(=O)NC(c1ccccc1)C(C)C. The van der Waals surface area contributed by atoms with E-state index >= 15 is 0 Å². The van der Waals surface area contributed by atoms with E-state index in [0.717, 1.165) is 16.7 Å². The van der Waals surface area contributed by atoms with E-state index in [9.17, 15) is 9.59 Å². The maximum absolute atomic E-state index is 12.9. The number of hydrogen-bond donors (Lipinski definition) is 1. The van der Waals surface area contributed by atoms with E-state index in [1.54, 1.807) is 0 Å². The molecule has 2 aromatic rings. The third-order valence-corrected chi connectivity index (χ3v) is 5.31.